The Morgan fingerprint density at radius 1 is 1.07 bits per heavy atom. The molecule has 0 radical (unpaired) electrons. The molecular formula is C23H28O5. The molecule has 0 saturated carbocycles. The Hall–Kier alpha value is -2.79. The Bertz CT molecular complexity index is 874. The lowest BCUT2D eigenvalue weighted by Gasteiger charge is -2.22. The van der Waals surface area contributed by atoms with Crippen molar-refractivity contribution < 1.29 is 28.2 Å². The van der Waals surface area contributed by atoms with Crippen LogP contribution in [0.2, 0.25) is 0 Å². The predicted molar refractivity (Wildman–Crippen MR) is 110 cm³/mol. The lowest BCUT2D eigenvalue weighted by Crippen LogP contribution is -2.24. The number of carbonyl (C=O) groups excluding carboxylic acids is 1. The third kappa shape index (κ3) is 7.08. The first kappa shape index (κ1) is 17.3. The van der Waals surface area contributed by atoms with E-state index in [-0.39, 0.29) is 12.4 Å². The third-order valence-corrected chi connectivity index (χ3v) is 4.20. The van der Waals surface area contributed by atoms with E-state index in [4.69, 9.17) is 18.3 Å². The fourth-order valence-electron chi connectivity index (χ4n) is 2.67. The van der Waals surface area contributed by atoms with E-state index in [0.717, 1.165) is 16.7 Å². The fourth-order valence-corrected chi connectivity index (χ4v) is 2.67. The van der Waals surface area contributed by atoms with Gasteiger partial charge in [-0.2, -0.15) is 0 Å². The molecule has 0 bridgehead atoms. The van der Waals surface area contributed by atoms with Crippen molar-refractivity contribution in [1.29, 1.82) is 0 Å². The second-order valence-corrected chi connectivity index (χ2v) is 7.00. The van der Waals surface area contributed by atoms with Crippen LogP contribution in [0.1, 0.15) is 47.5 Å². The van der Waals surface area contributed by atoms with Crippen LogP contribution < -0.4 is 9.47 Å². The third-order valence-electron chi connectivity index (χ3n) is 4.20. The summed E-state index contributed by atoms with van der Waals surface area (Å²) < 4.78 is 37.1. The molecule has 0 heterocycles. The van der Waals surface area contributed by atoms with E-state index in [2.05, 4.69) is 0 Å². The highest BCUT2D eigenvalue weighted by Gasteiger charge is 2.17. The summed E-state index contributed by atoms with van der Waals surface area (Å²) in [7, 11) is -2.48. The molecule has 0 aromatic heterocycles. The molecule has 0 unspecified atom stereocenters. The molecule has 5 heteroatoms. The smallest absolute Gasteiger partial charge is 0.293 e. The summed E-state index contributed by atoms with van der Waals surface area (Å²) in [4.78, 5) is 10.5. The first-order chi connectivity index (χ1) is 14.6. The predicted octanol–water partition coefficient (Wildman–Crippen LogP) is 4.47. The molecule has 1 N–H and O–H groups in total. The molecule has 0 aliphatic heterocycles. The molecular weight excluding hydrogens is 356 g/mol. The van der Waals surface area contributed by atoms with Crippen molar-refractivity contribution in [3.63, 3.8) is 0 Å². The van der Waals surface area contributed by atoms with Crippen LogP contribution >= 0.6 is 0 Å². The van der Waals surface area contributed by atoms with Gasteiger partial charge in [-0.05, 0) is 73.7 Å². The van der Waals surface area contributed by atoms with Crippen LogP contribution in [-0.2, 0) is 16.1 Å². The number of hydrogen-bond acceptors (Lipinski definition) is 5. The summed E-state index contributed by atoms with van der Waals surface area (Å²) in [6.45, 7) is 4.49. The van der Waals surface area contributed by atoms with Crippen molar-refractivity contribution in [2.75, 3.05) is 13.6 Å². The number of ether oxygens (including phenoxy) is 3. The van der Waals surface area contributed by atoms with Gasteiger partial charge < -0.3 is 19.3 Å². The van der Waals surface area contributed by atoms with Gasteiger partial charge in [0, 0.05) is 0 Å². The van der Waals surface area contributed by atoms with Gasteiger partial charge >= 0.3 is 0 Å². The lowest BCUT2D eigenvalue weighted by atomic mass is 10.0. The second-order valence-electron chi connectivity index (χ2n) is 7.00. The molecule has 150 valence electrons. The van der Waals surface area contributed by atoms with Crippen LogP contribution in [-0.4, -0.2) is 30.8 Å². The highest BCUT2D eigenvalue weighted by molar-refractivity contribution is 5.70. The van der Waals surface area contributed by atoms with Crippen molar-refractivity contribution in [3.05, 3.63) is 59.2 Å². The van der Waals surface area contributed by atoms with Crippen LogP contribution in [0.3, 0.4) is 0 Å². The molecule has 0 aliphatic carbocycles. The highest BCUT2D eigenvalue weighted by atomic mass is 16.5. The van der Waals surface area contributed by atoms with Gasteiger partial charge in [0.25, 0.3) is 6.47 Å². The van der Waals surface area contributed by atoms with Gasteiger partial charge in [0.2, 0.25) is 0 Å². The van der Waals surface area contributed by atoms with E-state index in [1.807, 2.05) is 38.1 Å². The van der Waals surface area contributed by atoms with Gasteiger partial charge in [0.05, 0.1) is 24.4 Å². The minimum Gasteiger partial charge on any atom is -0.497 e. The fraction of sp³-hybridized carbons (Fsp3) is 0.348. The molecule has 0 atom stereocenters. The molecule has 0 spiro atoms. The molecule has 2 aromatic carbocycles. The highest BCUT2D eigenvalue weighted by Crippen LogP contribution is 2.22. The quantitative estimate of drug-likeness (QED) is 0.350. The van der Waals surface area contributed by atoms with Gasteiger partial charge in [0.1, 0.15) is 17.1 Å². The number of carbonyl (C=O) groups is 1. The van der Waals surface area contributed by atoms with Crippen molar-refractivity contribution in [1.82, 2.24) is 0 Å². The average Bonchev–Trinajstić information content (AvgIpc) is 2.69. The maximum absolute atomic E-state index is 10.5. The maximum atomic E-state index is 10.5. The van der Waals surface area contributed by atoms with Crippen molar-refractivity contribution in [3.8, 4) is 11.5 Å². The van der Waals surface area contributed by atoms with E-state index < -0.39 is 12.6 Å². The zero-order valence-corrected chi connectivity index (χ0v) is 16.2. The molecule has 2 aromatic rings. The van der Waals surface area contributed by atoms with E-state index in [1.54, 1.807) is 30.3 Å². The molecule has 28 heavy (non-hydrogen) atoms. The van der Waals surface area contributed by atoms with E-state index >= 15 is 0 Å². The van der Waals surface area contributed by atoms with Crippen LogP contribution in [0.15, 0.2) is 42.5 Å². The summed E-state index contributed by atoms with van der Waals surface area (Å²) in [5.41, 5.74) is 1.92. The molecule has 0 aliphatic rings. The zero-order valence-electron chi connectivity index (χ0n) is 19.2. The van der Waals surface area contributed by atoms with Crippen LogP contribution in [0, 0.1) is 0 Å². The van der Waals surface area contributed by atoms with Crippen molar-refractivity contribution >= 4 is 18.6 Å². The maximum Gasteiger partial charge on any atom is 0.293 e. The summed E-state index contributed by atoms with van der Waals surface area (Å²) >= 11 is 0. The number of aliphatic hydroxyl groups is 1. The summed E-state index contributed by atoms with van der Waals surface area (Å²) in [5, 5.41) is 9.54. The topological polar surface area (TPSA) is 65.0 Å². The van der Waals surface area contributed by atoms with Crippen LogP contribution in [0.4, 0.5) is 0 Å². The number of methoxy groups -OCH3 is 1. The first-order valence-electron chi connectivity index (χ1n) is 10.6. The molecule has 0 fully saturated rings. The number of benzene rings is 2. The number of hydrogen-bond donors (Lipinski definition) is 1. The first-order valence-corrected chi connectivity index (χ1v) is 9.06. The Kier molecular flexibility index (Phi) is 6.51. The van der Waals surface area contributed by atoms with Crippen LogP contribution in [0.5, 0.6) is 11.5 Å². The van der Waals surface area contributed by atoms with Crippen LogP contribution in [0.25, 0.3) is 12.2 Å². The standard InChI is InChI=1S/C23H28O5/c1-23(2,28-17-25)11-4-12-27-22-14-19(13-20(15-22)16-24)6-5-18-7-9-21(26-3)10-8-18/h5-10,13-15,17,24H,4,11-12,16H2,1-3H3/b6-5+/i3D3. The summed E-state index contributed by atoms with van der Waals surface area (Å²) in [6.07, 6.45) is 5.13. The average molecular weight is 387 g/mol. The molecule has 2 rings (SSSR count). The van der Waals surface area contributed by atoms with E-state index in [9.17, 15) is 9.90 Å². The monoisotopic (exact) mass is 387 g/mol. The summed E-state index contributed by atoms with van der Waals surface area (Å²) in [5.74, 6) is 0.915. The van der Waals surface area contributed by atoms with Gasteiger partial charge in [-0.1, -0.05) is 24.3 Å². The summed E-state index contributed by atoms with van der Waals surface area (Å²) in [6, 6.07) is 12.2. The molecule has 5 nitrogen and oxygen atoms in total. The minimum absolute atomic E-state index is 0.112. The van der Waals surface area contributed by atoms with E-state index in [0.29, 0.717) is 31.7 Å². The van der Waals surface area contributed by atoms with Gasteiger partial charge in [-0.25, -0.2) is 0 Å². The Labute approximate surface area is 170 Å². The largest absolute Gasteiger partial charge is 0.497 e. The lowest BCUT2D eigenvalue weighted by molar-refractivity contribution is -0.141. The van der Waals surface area contributed by atoms with Gasteiger partial charge in [-0.3, -0.25) is 4.79 Å². The normalized spacial score (nSPS) is 13.5. The SMILES string of the molecule is [2H]C([2H])([2H])Oc1ccc(/C=C/c2cc(CO)cc(OCCCC(C)(C)OC=O)c2)cc1. The van der Waals surface area contributed by atoms with Crippen molar-refractivity contribution in [2.24, 2.45) is 0 Å². The number of rotatable bonds is 11. The Morgan fingerprint density at radius 3 is 2.50 bits per heavy atom. The number of aliphatic hydroxyl groups excluding tert-OH is 1. The van der Waals surface area contributed by atoms with Gasteiger partial charge in [-0.15, -0.1) is 0 Å². The Morgan fingerprint density at radius 2 is 1.82 bits per heavy atom. The van der Waals surface area contributed by atoms with Gasteiger partial charge in [0.15, 0.2) is 0 Å². The minimum atomic E-state index is -2.48. The second kappa shape index (κ2) is 10.5. The van der Waals surface area contributed by atoms with E-state index in [1.165, 1.54) is 0 Å². The molecule has 0 amide bonds. The Balaban J connectivity index is 2.00. The zero-order chi connectivity index (χ0) is 22.9. The van der Waals surface area contributed by atoms with Crippen molar-refractivity contribution in [2.45, 2.75) is 38.9 Å². The molecule has 0 saturated heterocycles.